The van der Waals surface area contributed by atoms with Gasteiger partial charge in [0.15, 0.2) is 0 Å². The maximum absolute atomic E-state index is 4.31. The van der Waals surface area contributed by atoms with Crippen molar-refractivity contribution in [1.29, 1.82) is 0 Å². The number of anilines is 1. The first-order chi connectivity index (χ1) is 7.78. The SMILES string of the molecule is CCC1CCNC(CNc2ccn(C)n2)C1. The van der Waals surface area contributed by atoms with Gasteiger partial charge in [-0.15, -0.1) is 0 Å². The van der Waals surface area contributed by atoms with Gasteiger partial charge in [0, 0.05) is 31.9 Å². The van der Waals surface area contributed by atoms with E-state index >= 15 is 0 Å². The number of nitrogens with one attached hydrogen (secondary N) is 2. The van der Waals surface area contributed by atoms with E-state index in [0.29, 0.717) is 6.04 Å². The quantitative estimate of drug-likeness (QED) is 0.813. The molecular formula is C12H22N4. The van der Waals surface area contributed by atoms with Crippen molar-refractivity contribution >= 4 is 5.82 Å². The van der Waals surface area contributed by atoms with Crippen LogP contribution in [0.15, 0.2) is 12.3 Å². The van der Waals surface area contributed by atoms with E-state index in [4.69, 9.17) is 0 Å². The molecule has 0 aromatic carbocycles. The number of nitrogens with zero attached hydrogens (tertiary/aromatic N) is 2. The Labute approximate surface area is 97.4 Å². The van der Waals surface area contributed by atoms with Gasteiger partial charge in [-0.25, -0.2) is 0 Å². The monoisotopic (exact) mass is 222 g/mol. The molecule has 1 fully saturated rings. The molecule has 0 radical (unpaired) electrons. The molecule has 90 valence electrons. The van der Waals surface area contributed by atoms with Crippen LogP contribution in [-0.2, 0) is 7.05 Å². The van der Waals surface area contributed by atoms with E-state index in [1.165, 1.54) is 19.3 Å². The zero-order valence-electron chi connectivity index (χ0n) is 10.2. The lowest BCUT2D eigenvalue weighted by atomic mass is 9.90. The fourth-order valence-electron chi connectivity index (χ4n) is 2.36. The number of rotatable bonds is 4. The normalized spacial score (nSPS) is 25.6. The second-order valence-electron chi connectivity index (χ2n) is 4.71. The molecule has 1 aromatic heterocycles. The van der Waals surface area contributed by atoms with E-state index in [1.807, 2.05) is 24.0 Å². The number of piperidine rings is 1. The average molecular weight is 222 g/mol. The van der Waals surface area contributed by atoms with Crippen molar-refractivity contribution in [1.82, 2.24) is 15.1 Å². The number of aromatic nitrogens is 2. The van der Waals surface area contributed by atoms with E-state index in [-0.39, 0.29) is 0 Å². The summed E-state index contributed by atoms with van der Waals surface area (Å²) in [6.07, 6.45) is 5.89. The summed E-state index contributed by atoms with van der Waals surface area (Å²) in [5.41, 5.74) is 0. The molecule has 2 atom stereocenters. The van der Waals surface area contributed by atoms with Crippen LogP contribution in [0.25, 0.3) is 0 Å². The molecule has 1 aliphatic rings. The predicted molar refractivity (Wildman–Crippen MR) is 66.5 cm³/mol. The molecule has 2 unspecified atom stereocenters. The van der Waals surface area contributed by atoms with Gasteiger partial charge in [0.05, 0.1) is 0 Å². The zero-order valence-corrected chi connectivity index (χ0v) is 10.2. The van der Waals surface area contributed by atoms with Gasteiger partial charge in [0.25, 0.3) is 0 Å². The van der Waals surface area contributed by atoms with Crippen LogP contribution in [0.2, 0.25) is 0 Å². The van der Waals surface area contributed by atoms with Gasteiger partial charge in [-0.3, -0.25) is 4.68 Å². The summed E-state index contributed by atoms with van der Waals surface area (Å²) in [6.45, 7) is 4.43. The minimum absolute atomic E-state index is 0.598. The molecule has 0 spiro atoms. The highest BCUT2D eigenvalue weighted by atomic mass is 15.3. The van der Waals surface area contributed by atoms with Gasteiger partial charge >= 0.3 is 0 Å². The first-order valence-corrected chi connectivity index (χ1v) is 6.25. The van der Waals surface area contributed by atoms with Crippen LogP contribution in [0, 0.1) is 5.92 Å². The van der Waals surface area contributed by atoms with Gasteiger partial charge in [-0.05, 0) is 25.3 Å². The molecule has 2 N–H and O–H groups in total. The van der Waals surface area contributed by atoms with Gasteiger partial charge in [0.2, 0.25) is 0 Å². The van der Waals surface area contributed by atoms with E-state index in [2.05, 4.69) is 22.7 Å². The van der Waals surface area contributed by atoms with Crippen LogP contribution in [0.3, 0.4) is 0 Å². The third-order valence-electron chi connectivity index (χ3n) is 3.42. The summed E-state index contributed by atoms with van der Waals surface area (Å²) in [7, 11) is 1.94. The molecule has 4 nitrogen and oxygen atoms in total. The third-order valence-corrected chi connectivity index (χ3v) is 3.42. The van der Waals surface area contributed by atoms with Crippen LogP contribution in [0.5, 0.6) is 0 Å². The van der Waals surface area contributed by atoms with Crippen molar-refractivity contribution < 1.29 is 0 Å². The van der Waals surface area contributed by atoms with Gasteiger partial charge in [-0.1, -0.05) is 13.3 Å². The minimum atomic E-state index is 0.598. The fraction of sp³-hybridized carbons (Fsp3) is 0.750. The molecule has 0 amide bonds. The summed E-state index contributed by atoms with van der Waals surface area (Å²) < 4.78 is 1.82. The van der Waals surface area contributed by atoms with Crippen molar-refractivity contribution in [2.45, 2.75) is 32.2 Å². The lowest BCUT2D eigenvalue weighted by Gasteiger charge is -2.29. The zero-order chi connectivity index (χ0) is 11.4. The molecule has 1 aliphatic heterocycles. The smallest absolute Gasteiger partial charge is 0.148 e. The largest absolute Gasteiger partial charge is 0.367 e. The second kappa shape index (κ2) is 5.34. The molecule has 0 aliphatic carbocycles. The van der Waals surface area contributed by atoms with E-state index in [9.17, 15) is 0 Å². The van der Waals surface area contributed by atoms with Crippen LogP contribution >= 0.6 is 0 Å². The average Bonchev–Trinajstić information content (AvgIpc) is 2.73. The van der Waals surface area contributed by atoms with Crippen LogP contribution in [-0.4, -0.2) is 28.9 Å². The Hall–Kier alpha value is -1.03. The Morgan fingerprint density at radius 2 is 2.50 bits per heavy atom. The number of aryl methyl sites for hydroxylation is 1. The predicted octanol–water partition coefficient (Wildman–Crippen LogP) is 1.61. The van der Waals surface area contributed by atoms with E-state index in [1.54, 1.807) is 0 Å². The Morgan fingerprint density at radius 1 is 1.62 bits per heavy atom. The van der Waals surface area contributed by atoms with E-state index in [0.717, 1.165) is 24.8 Å². The molecule has 0 saturated carbocycles. The summed E-state index contributed by atoms with van der Waals surface area (Å²) in [5.74, 6) is 1.87. The minimum Gasteiger partial charge on any atom is -0.367 e. The topological polar surface area (TPSA) is 41.9 Å². The van der Waals surface area contributed by atoms with Gasteiger partial charge in [-0.2, -0.15) is 5.10 Å². The van der Waals surface area contributed by atoms with Gasteiger partial charge < -0.3 is 10.6 Å². The lowest BCUT2D eigenvalue weighted by molar-refractivity contribution is 0.303. The molecule has 2 rings (SSSR count). The lowest BCUT2D eigenvalue weighted by Crippen LogP contribution is -2.42. The molecule has 2 heterocycles. The van der Waals surface area contributed by atoms with Gasteiger partial charge in [0.1, 0.15) is 5.82 Å². The molecule has 0 bridgehead atoms. The Kier molecular flexibility index (Phi) is 3.83. The highest BCUT2D eigenvalue weighted by Gasteiger charge is 2.19. The van der Waals surface area contributed by atoms with E-state index < -0.39 is 0 Å². The van der Waals surface area contributed by atoms with Crippen molar-refractivity contribution in [2.75, 3.05) is 18.4 Å². The fourth-order valence-corrected chi connectivity index (χ4v) is 2.36. The molecule has 16 heavy (non-hydrogen) atoms. The second-order valence-corrected chi connectivity index (χ2v) is 4.71. The highest BCUT2D eigenvalue weighted by Crippen LogP contribution is 2.19. The van der Waals surface area contributed by atoms with Crippen LogP contribution in [0.4, 0.5) is 5.82 Å². The first kappa shape index (κ1) is 11.5. The number of hydrogen-bond donors (Lipinski definition) is 2. The maximum Gasteiger partial charge on any atom is 0.148 e. The van der Waals surface area contributed by atoms with Crippen molar-refractivity contribution in [2.24, 2.45) is 13.0 Å². The Balaban J connectivity index is 1.77. The van der Waals surface area contributed by atoms with Crippen molar-refractivity contribution in [3.05, 3.63) is 12.3 Å². The molecule has 1 saturated heterocycles. The molecule has 4 heteroatoms. The highest BCUT2D eigenvalue weighted by molar-refractivity contribution is 5.32. The first-order valence-electron chi connectivity index (χ1n) is 6.25. The summed E-state index contributed by atoms with van der Waals surface area (Å²) in [6, 6.07) is 2.61. The van der Waals surface area contributed by atoms with Crippen molar-refractivity contribution in [3.8, 4) is 0 Å². The van der Waals surface area contributed by atoms with Crippen LogP contribution < -0.4 is 10.6 Å². The summed E-state index contributed by atoms with van der Waals surface area (Å²) in [5, 5.41) is 11.3. The third kappa shape index (κ3) is 2.98. The molecule has 1 aromatic rings. The standard InChI is InChI=1S/C12H22N4/c1-3-10-4-6-13-11(8-10)9-14-12-5-7-16(2)15-12/h5,7,10-11,13H,3-4,6,8-9H2,1-2H3,(H,14,15). The summed E-state index contributed by atoms with van der Waals surface area (Å²) in [4.78, 5) is 0. The molecular weight excluding hydrogens is 200 g/mol. The maximum atomic E-state index is 4.31. The summed E-state index contributed by atoms with van der Waals surface area (Å²) >= 11 is 0. The van der Waals surface area contributed by atoms with Crippen molar-refractivity contribution in [3.63, 3.8) is 0 Å². The Bertz CT molecular complexity index is 321. The Morgan fingerprint density at radius 3 is 3.19 bits per heavy atom. The van der Waals surface area contributed by atoms with Crippen LogP contribution in [0.1, 0.15) is 26.2 Å². The number of hydrogen-bond acceptors (Lipinski definition) is 3.